The Morgan fingerprint density at radius 3 is 2.78 bits per heavy atom. The van der Waals surface area contributed by atoms with E-state index < -0.39 is 16.8 Å². The van der Waals surface area contributed by atoms with Gasteiger partial charge in [0.05, 0.1) is 10.8 Å². The fraction of sp³-hybridized carbons (Fsp3) is 0.364. The molecule has 1 unspecified atom stereocenters. The molecule has 98 valence electrons. The molecule has 7 heteroatoms. The van der Waals surface area contributed by atoms with E-state index in [1.807, 2.05) is 0 Å². The molecule has 0 amide bonds. The van der Waals surface area contributed by atoms with Crippen LogP contribution >= 0.6 is 15.9 Å². The quantitative estimate of drug-likeness (QED) is 0.621. The maximum atomic E-state index is 10.9. The molecule has 0 aliphatic rings. The Kier molecular flexibility index (Phi) is 5.08. The first kappa shape index (κ1) is 14.4. The van der Waals surface area contributed by atoms with Crippen LogP contribution in [-0.2, 0) is 4.79 Å². The van der Waals surface area contributed by atoms with Crippen LogP contribution in [0.4, 0.5) is 11.4 Å². The molecule has 0 saturated heterocycles. The van der Waals surface area contributed by atoms with Crippen LogP contribution in [0.3, 0.4) is 0 Å². The minimum absolute atomic E-state index is 0.0791. The molecule has 0 heterocycles. The van der Waals surface area contributed by atoms with E-state index >= 15 is 0 Å². The summed E-state index contributed by atoms with van der Waals surface area (Å²) in [5, 5.41) is 22.6. The number of benzene rings is 1. The Morgan fingerprint density at radius 1 is 1.61 bits per heavy atom. The molecule has 0 spiro atoms. The van der Waals surface area contributed by atoms with Crippen LogP contribution in [0, 0.1) is 16.0 Å². The predicted octanol–water partition coefficient (Wildman–Crippen LogP) is 2.88. The van der Waals surface area contributed by atoms with Crippen molar-refractivity contribution < 1.29 is 14.8 Å². The number of anilines is 1. The van der Waals surface area contributed by atoms with E-state index in [4.69, 9.17) is 5.11 Å². The Labute approximate surface area is 112 Å². The Bertz CT molecular complexity index is 464. The zero-order valence-corrected chi connectivity index (χ0v) is 11.3. The monoisotopic (exact) mass is 316 g/mol. The highest BCUT2D eigenvalue weighted by molar-refractivity contribution is 9.10. The maximum absolute atomic E-state index is 10.9. The molecule has 1 aromatic carbocycles. The summed E-state index contributed by atoms with van der Waals surface area (Å²) < 4.78 is 0.602. The molecule has 0 fully saturated rings. The van der Waals surface area contributed by atoms with Crippen molar-refractivity contribution in [3.8, 4) is 0 Å². The predicted molar refractivity (Wildman–Crippen MR) is 70.7 cm³/mol. The van der Waals surface area contributed by atoms with E-state index in [2.05, 4.69) is 21.2 Å². The van der Waals surface area contributed by atoms with Crippen molar-refractivity contribution in [1.29, 1.82) is 0 Å². The Balaban J connectivity index is 2.84. The fourth-order valence-electron chi connectivity index (χ4n) is 1.44. The zero-order valence-electron chi connectivity index (χ0n) is 9.72. The minimum Gasteiger partial charge on any atom is -0.481 e. The number of carboxylic acids is 1. The third kappa shape index (κ3) is 3.69. The number of aliphatic carboxylic acids is 1. The second-order valence-electron chi connectivity index (χ2n) is 3.74. The summed E-state index contributed by atoms with van der Waals surface area (Å²) in [7, 11) is 0. The Hall–Kier alpha value is -1.63. The van der Waals surface area contributed by atoms with Gasteiger partial charge in [-0.25, -0.2) is 0 Å². The highest BCUT2D eigenvalue weighted by Gasteiger charge is 2.18. The van der Waals surface area contributed by atoms with Crippen LogP contribution in [0.25, 0.3) is 0 Å². The van der Waals surface area contributed by atoms with Crippen LogP contribution in [-0.4, -0.2) is 22.5 Å². The number of hydrogen-bond acceptors (Lipinski definition) is 4. The van der Waals surface area contributed by atoms with E-state index in [0.717, 1.165) is 0 Å². The van der Waals surface area contributed by atoms with E-state index in [0.29, 0.717) is 16.6 Å². The van der Waals surface area contributed by atoms with Gasteiger partial charge in [-0.3, -0.25) is 14.9 Å². The van der Waals surface area contributed by atoms with Crippen molar-refractivity contribution in [2.24, 2.45) is 5.92 Å². The van der Waals surface area contributed by atoms with Crippen LogP contribution in [0.15, 0.2) is 22.7 Å². The van der Waals surface area contributed by atoms with Gasteiger partial charge in [0.15, 0.2) is 0 Å². The molecule has 0 saturated carbocycles. The first-order chi connectivity index (χ1) is 8.45. The number of hydrogen-bond donors (Lipinski definition) is 2. The molecular weight excluding hydrogens is 304 g/mol. The fourth-order valence-corrected chi connectivity index (χ4v) is 1.79. The SMILES string of the molecule is CCC(CNc1ccc(Br)cc1[N+](=O)[O-])C(=O)O. The lowest BCUT2D eigenvalue weighted by Crippen LogP contribution is -2.22. The molecule has 1 atom stereocenters. The van der Waals surface area contributed by atoms with Crippen molar-refractivity contribution >= 4 is 33.3 Å². The lowest BCUT2D eigenvalue weighted by molar-refractivity contribution is -0.384. The first-order valence-electron chi connectivity index (χ1n) is 5.36. The zero-order chi connectivity index (χ0) is 13.7. The lowest BCUT2D eigenvalue weighted by Gasteiger charge is -2.12. The van der Waals surface area contributed by atoms with Crippen molar-refractivity contribution in [3.05, 3.63) is 32.8 Å². The highest BCUT2D eigenvalue weighted by atomic mass is 79.9. The minimum atomic E-state index is -0.912. The van der Waals surface area contributed by atoms with Gasteiger partial charge in [-0.05, 0) is 18.6 Å². The number of nitrogens with one attached hydrogen (secondary N) is 1. The largest absolute Gasteiger partial charge is 0.481 e. The molecule has 2 N–H and O–H groups in total. The number of carboxylic acid groups (broad SMARTS) is 1. The van der Waals surface area contributed by atoms with Crippen LogP contribution in [0.2, 0.25) is 0 Å². The van der Waals surface area contributed by atoms with Crippen molar-refractivity contribution in [2.75, 3.05) is 11.9 Å². The van der Waals surface area contributed by atoms with Crippen molar-refractivity contribution in [3.63, 3.8) is 0 Å². The van der Waals surface area contributed by atoms with E-state index in [1.54, 1.807) is 19.1 Å². The summed E-state index contributed by atoms with van der Waals surface area (Å²) in [5.74, 6) is -1.47. The third-order valence-corrected chi connectivity index (χ3v) is 3.03. The molecular formula is C11H13BrN2O4. The molecule has 6 nitrogen and oxygen atoms in total. The van der Waals surface area contributed by atoms with Gasteiger partial charge < -0.3 is 10.4 Å². The molecule has 0 bridgehead atoms. The van der Waals surface area contributed by atoms with Gasteiger partial charge in [-0.15, -0.1) is 0 Å². The van der Waals surface area contributed by atoms with Gasteiger partial charge in [0, 0.05) is 17.1 Å². The molecule has 0 aliphatic carbocycles. The van der Waals surface area contributed by atoms with Gasteiger partial charge in [0.25, 0.3) is 5.69 Å². The number of rotatable bonds is 6. The standard InChI is InChI=1S/C11H13BrN2O4/c1-2-7(11(15)16)6-13-9-4-3-8(12)5-10(9)14(17)18/h3-5,7,13H,2,6H2,1H3,(H,15,16). The number of nitro groups is 1. The summed E-state index contributed by atoms with van der Waals surface area (Å²) >= 11 is 3.16. The van der Waals surface area contributed by atoms with Gasteiger partial charge in [-0.1, -0.05) is 22.9 Å². The van der Waals surface area contributed by atoms with Crippen molar-refractivity contribution in [1.82, 2.24) is 0 Å². The van der Waals surface area contributed by atoms with Gasteiger partial charge in [-0.2, -0.15) is 0 Å². The van der Waals surface area contributed by atoms with Gasteiger partial charge in [0.2, 0.25) is 0 Å². The number of nitrogens with zero attached hydrogens (tertiary/aromatic N) is 1. The average molecular weight is 317 g/mol. The second-order valence-corrected chi connectivity index (χ2v) is 4.66. The second kappa shape index (κ2) is 6.34. The molecule has 18 heavy (non-hydrogen) atoms. The molecule has 1 aromatic rings. The van der Waals surface area contributed by atoms with Crippen LogP contribution in [0.1, 0.15) is 13.3 Å². The Morgan fingerprint density at radius 2 is 2.28 bits per heavy atom. The molecule has 0 radical (unpaired) electrons. The summed E-state index contributed by atoms with van der Waals surface area (Å²) in [6, 6.07) is 4.60. The van der Waals surface area contributed by atoms with Crippen LogP contribution < -0.4 is 5.32 Å². The summed E-state index contributed by atoms with van der Waals surface area (Å²) in [4.78, 5) is 21.2. The average Bonchev–Trinajstić information content (AvgIpc) is 2.30. The summed E-state index contributed by atoms with van der Waals surface area (Å²) in [6.45, 7) is 1.92. The lowest BCUT2D eigenvalue weighted by atomic mass is 10.1. The maximum Gasteiger partial charge on any atom is 0.308 e. The molecule has 0 aliphatic heterocycles. The van der Waals surface area contributed by atoms with Gasteiger partial charge in [0.1, 0.15) is 5.69 Å². The van der Waals surface area contributed by atoms with E-state index in [-0.39, 0.29) is 12.2 Å². The highest BCUT2D eigenvalue weighted by Crippen LogP contribution is 2.28. The van der Waals surface area contributed by atoms with Crippen LogP contribution in [0.5, 0.6) is 0 Å². The summed E-state index contributed by atoms with van der Waals surface area (Å²) in [5.41, 5.74) is 0.243. The normalized spacial score (nSPS) is 11.9. The molecule has 0 aromatic heterocycles. The number of carbonyl (C=O) groups is 1. The smallest absolute Gasteiger partial charge is 0.308 e. The van der Waals surface area contributed by atoms with Gasteiger partial charge >= 0.3 is 5.97 Å². The van der Waals surface area contributed by atoms with E-state index in [1.165, 1.54) is 6.07 Å². The van der Waals surface area contributed by atoms with Crippen molar-refractivity contribution in [2.45, 2.75) is 13.3 Å². The molecule has 1 rings (SSSR count). The summed E-state index contributed by atoms with van der Waals surface area (Å²) in [6.07, 6.45) is 0.465. The topological polar surface area (TPSA) is 92.5 Å². The third-order valence-electron chi connectivity index (χ3n) is 2.54. The number of halogens is 1. The number of nitro benzene ring substituents is 1. The van der Waals surface area contributed by atoms with E-state index in [9.17, 15) is 14.9 Å². The first-order valence-corrected chi connectivity index (χ1v) is 6.15.